The number of amides is 1. The van der Waals surface area contributed by atoms with E-state index in [2.05, 4.69) is 10.6 Å². The lowest BCUT2D eigenvalue weighted by Crippen LogP contribution is -2.39. The Morgan fingerprint density at radius 1 is 1.52 bits per heavy atom. The number of benzene rings is 1. The number of nitro groups is 1. The van der Waals surface area contributed by atoms with Crippen molar-refractivity contribution in [1.29, 1.82) is 5.26 Å². The molecule has 2 rings (SSSR count). The predicted octanol–water partition coefficient (Wildman–Crippen LogP) is 0.639. The highest BCUT2D eigenvalue weighted by Gasteiger charge is 2.33. The van der Waals surface area contributed by atoms with Crippen LogP contribution in [0.2, 0.25) is 0 Å². The number of rotatable bonds is 4. The van der Waals surface area contributed by atoms with Crippen LogP contribution in [0.4, 0.5) is 11.4 Å². The number of likely N-dealkylation sites (N-methyl/N-ethyl adjacent to an activating group) is 1. The van der Waals surface area contributed by atoms with Gasteiger partial charge in [0.15, 0.2) is 0 Å². The van der Waals surface area contributed by atoms with E-state index in [1.165, 1.54) is 12.1 Å². The molecule has 1 aliphatic rings. The second-order valence-corrected chi connectivity index (χ2v) is 4.63. The highest BCUT2D eigenvalue weighted by molar-refractivity contribution is 5.95. The number of hydrogen-bond donors (Lipinski definition) is 2. The van der Waals surface area contributed by atoms with Crippen LogP contribution in [0.1, 0.15) is 5.56 Å². The van der Waals surface area contributed by atoms with Gasteiger partial charge in [0.2, 0.25) is 5.91 Å². The molecule has 2 unspecified atom stereocenters. The zero-order valence-corrected chi connectivity index (χ0v) is 11.3. The summed E-state index contributed by atoms with van der Waals surface area (Å²) in [6.45, 7) is 0.686. The summed E-state index contributed by atoms with van der Waals surface area (Å²) < 4.78 is 5.23. The van der Waals surface area contributed by atoms with Crippen molar-refractivity contribution in [3.63, 3.8) is 0 Å². The quantitative estimate of drug-likeness (QED) is 0.620. The van der Waals surface area contributed by atoms with E-state index in [0.29, 0.717) is 6.61 Å². The van der Waals surface area contributed by atoms with Crippen molar-refractivity contribution in [1.82, 2.24) is 5.32 Å². The Morgan fingerprint density at radius 3 is 2.90 bits per heavy atom. The van der Waals surface area contributed by atoms with E-state index >= 15 is 0 Å². The number of ether oxygens (including phenoxy) is 1. The van der Waals surface area contributed by atoms with Gasteiger partial charge < -0.3 is 15.4 Å². The number of carbonyl (C=O) groups excluding carboxylic acids is 1. The van der Waals surface area contributed by atoms with Crippen molar-refractivity contribution >= 4 is 17.3 Å². The Kier molecular flexibility index (Phi) is 4.47. The Hall–Kier alpha value is -2.50. The molecule has 1 heterocycles. The fraction of sp³-hybridized carbons (Fsp3) is 0.385. The molecular formula is C13H14N4O4. The highest BCUT2D eigenvalue weighted by atomic mass is 16.6. The summed E-state index contributed by atoms with van der Waals surface area (Å²) in [5.74, 6) is -0.759. The molecule has 21 heavy (non-hydrogen) atoms. The zero-order valence-electron chi connectivity index (χ0n) is 11.3. The molecule has 1 aromatic rings. The molecule has 0 radical (unpaired) electrons. The Labute approximate surface area is 120 Å². The van der Waals surface area contributed by atoms with Crippen LogP contribution in [0, 0.1) is 27.4 Å². The van der Waals surface area contributed by atoms with Gasteiger partial charge in [0.25, 0.3) is 5.69 Å². The Bertz CT molecular complexity index is 611. The summed E-state index contributed by atoms with van der Waals surface area (Å²) in [6.07, 6.45) is 0. The van der Waals surface area contributed by atoms with Crippen molar-refractivity contribution in [2.24, 2.45) is 5.92 Å². The Morgan fingerprint density at radius 2 is 2.29 bits per heavy atom. The number of hydrogen-bond acceptors (Lipinski definition) is 6. The maximum Gasteiger partial charge on any atom is 0.294 e. The minimum atomic E-state index is -0.628. The molecule has 0 bridgehead atoms. The van der Waals surface area contributed by atoms with Crippen LogP contribution in [0.25, 0.3) is 0 Å². The topological polar surface area (TPSA) is 117 Å². The fourth-order valence-electron chi connectivity index (χ4n) is 2.18. The minimum Gasteiger partial charge on any atom is -0.379 e. The molecule has 1 aliphatic heterocycles. The van der Waals surface area contributed by atoms with Gasteiger partial charge in [-0.05, 0) is 19.2 Å². The van der Waals surface area contributed by atoms with Crippen LogP contribution in [0.15, 0.2) is 18.2 Å². The average molecular weight is 290 g/mol. The van der Waals surface area contributed by atoms with Crippen molar-refractivity contribution in [3.05, 3.63) is 33.9 Å². The van der Waals surface area contributed by atoms with Crippen LogP contribution in [0.5, 0.6) is 0 Å². The molecule has 0 aliphatic carbocycles. The maximum atomic E-state index is 12.2. The van der Waals surface area contributed by atoms with E-state index in [-0.39, 0.29) is 35.5 Å². The van der Waals surface area contributed by atoms with Crippen LogP contribution in [-0.2, 0) is 9.53 Å². The van der Waals surface area contributed by atoms with E-state index in [0.717, 1.165) is 6.07 Å². The van der Waals surface area contributed by atoms with Gasteiger partial charge >= 0.3 is 0 Å². The van der Waals surface area contributed by atoms with Crippen molar-refractivity contribution in [3.8, 4) is 6.07 Å². The smallest absolute Gasteiger partial charge is 0.294 e. The fourth-order valence-corrected chi connectivity index (χ4v) is 2.18. The molecule has 0 aromatic heterocycles. The summed E-state index contributed by atoms with van der Waals surface area (Å²) in [6, 6.07) is 5.62. The molecule has 1 fully saturated rings. The number of anilines is 1. The molecule has 0 saturated carbocycles. The summed E-state index contributed by atoms with van der Waals surface area (Å²) in [5, 5.41) is 25.3. The van der Waals surface area contributed by atoms with E-state index in [4.69, 9.17) is 10.00 Å². The third-order valence-electron chi connectivity index (χ3n) is 3.37. The van der Waals surface area contributed by atoms with Crippen LogP contribution in [0.3, 0.4) is 0 Å². The summed E-state index contributed by atoms with van der Waals surface area (Å²) in [7, 11) is 1.73. The standard InChI is InChI=1S/C13H14N4O4/c1-15-11-7-21-6-9(11)13(18)16-10-3-2-8(5-14)4-12(10)17(19)20/h2-4,9,11,15H,6-7H2,1H3,(H,16,18). The third-order valence-corrected chi connectivity index (χ3v) is 3.37. The minimum absolute atomic E-state index is 0.0748. The number of carbonyl (C=O) groups is 1. The van der Waals surface area contributed by atoms with E-state index in [9.17, 15) is 14.9 Å². The summed E-state index contributed by atoms with van der Waals surface area (Å²) in [4.78, 5) is 22.6. The van der Waals surface area contributed by atoms with Gasteiger partial charge in [0.05, 0.1) is 35.7 Å². The number of nitriles is 1. The molecular weight excluding hydrogens is 276 g/mol. The van der Waals surface area contributed by atoms with Crippen LogP contribution >= 0.6 is 0 Å². The molecule has 1 amide bonds. The molecule has 8 nitrogen and oxygen atoms in total. The van der Waals surface area contributed by atoms with Crippen molar-refractivity contribution < 1.29 is 14.5 Å². The van der Waals surface area contributed by atoms with Crippen molar-refractivity contribution in [2.75, 3.05) is 25.6 Å². The SMILES string of the molecule is CNC1COCC1C(=O)Nc1ccc(C#N)cc1[N+](=O)[O-]. The van der Waals surface area contributed by atoms with Gasteiger partial charge in [-0.3, -0.25) is 14.9 Å². The zero-order chi connectivity index (χ0) is 15.4. The summed E-state index contributed by atoms with van der Waals surface area (Å²) >= 11 is 0. The molecule has 1 aromatic carbocycles. The number of nitro benzene ring substituents is 1. The van der Waals surface area contributed by atoms with Crippen LogP contribution < -0.4 is 10.6 Å². The number of nitrogens with one attached hydrogen (secondary N) is 2. The van der Waals surface area contributed by atoms with Gasteiger partial charge in [0.1, 0.15) is 5.69 Å². The predicted molar refractivity (Wildman–Crippen MR) is 73.6 cm³/mol. The lowest BCUT2D eigenvalue weighted by atomic mass is 10.0. The van der Waals surface area contributed by atoms with Crippen molar-refractivity contribution in [2.45, 2.75) is 6.04 Å². The van der Waals surface area contributed by atoms with Gasteiger partial charge in [-0.15, -0.1) is 0 Å². The monoisotopic (exact) mass is 290 g/mol. The first-order valence-corrected chi connectivity index (χ1v) is 6.31. The van der Waals surface area contributed by atoms with E-state index in [1.54, 1.807) is 7.05 Å². The lowest BCUT2D eigenvalue weighted by molar-refractivity contribution is -0.384. The maximum absolute atomic E-state index is 12.2. The molecule has 110 valence electrons. The van der Waals surface area contributed by atoms with Gasteiger partial charge in [-0.25, -0.2) is 0 Å². The molecule has 1 saturated heterocycles. The molecule has 2 N–H and O–H groups in total. The Balaban J connectivity index is 2.21. The normalized spacial score (nSPS) is 20.8. The first-order valence-electron chi connectivity index (χ1n) is 6.31. The summed E-state index contributed by atoms with van der Waals surface area (Å²) in [5.41, 5.74) is -0.0647. The van der Waals surface area contributed by atoms with E-state index < -0.39 is 10.8 Å². The third kappa shape index (κ3) is 3.16. The average Bonchev–Trinajstić information content (AvgIpc) is 2.96. The molecule has 0 spiro atoms. The van der Waals surface area contributed by atoms with E-state index in [1.807, 2.05) is 6.07 Å². The number of nitrogens with zero attached hydrogens (tertiary/aromatic N) is 2. The first-order chi connectivity index (χ1) is 10.1. The molecule has 8 heteroatoms. The second kappa shape index (κ2) is 6.30. The second-order valence-electron chi connectivity index (χ2n) is 4.63. The molecule has 2 atom stereocenters. The van der Waals surface area contributed by atoms with Gasteiger partial charge in [-0.1, -0.05) is 0 Å². The highest BCUT2D eigenvalue weighted by Crippen LogP contribution is 2.26. The van der Waals surface area contributed by atoms with Crippen LogP contribution in [-0.4, -0.2) is 37.1 Å². The first kappa shape index (κ1) is 14.9. The lowest BCUT2D eigenvalue weighted by Gasteiger charge is -2.16. The largest absolute Gasteiger partial charge is 0.379 e. The van der Waals surface area contributed by atoms with Gasteiger partial charge in [0, 0.05) is 12.1 Å². The van der Waals surface area contributed by atoms with Gasteiger partial charge in [-0.2, -0.15) is 5.26 Å².